The molecule has 1 fully saturated rings. The van der Waals surface area contributed by atoms with Gasteiger partial charge in [-0.25, -0.2) is 0 Å². The van der Waals surface area contributed by atoms with Crippen molar-refractivity contribution in [1.29, 1.82) is 0 Å². The second-order valence-corrected chi connectivity index (χ2v) is 5.71. The highest BCUT2D eigenvalue weighted by molar-refractivity contribution is 8.00. The molecule has 0 aromatic heterocycles. The van der Waals surface area contributed by atoms with E-state index in [1.807, 2.05) is 4.90 Å². The second kappa shape index (κ2) is 7.67. The van der Waals surface area contributed by atoms with Crippen LogP contribution in [0.25, 0.3) is 0 Å². The predicted molar refractivity (Wildman–Crippen MR) is 73.6 cm³/mol. The van der Waals surface area contributed by atoms with Crippen LogP contribution in [-0.2, 0) is 14.3 Å². The quantitative estimate of drug-likeness (QED) is 0.719. The molecule has 1 aliphatic heterocycles. The summed E-state index contributed by atoms with van der Waals surface area (Å²) < 4.78 is 4.83. The Balaban J connectivity index is 2.33. The monoisotopic (exact) mass is 273 g/mol. The van der Waals surface area contributed by atoms with E-state index in [4.69, 9.17) is 4.74 Å². The highest BCUT2D eigenvalue weighted by Gasteiger charge is 2.28. The molecule has 0 aromatic carbocycles. The number of hydrogen-bond acceptors (Lipinski definition) is 4. The Morgan fingerprint density at radius 2 is 1.83 bits per heavy atom. The van der Waals surface area contributed by atoms with Gasteiger partial charge in [0.2, 0.25) is 5.91 Å². The lowest BCUT2D eigenvalue weighted by molar-refractivity contribution is -0.139. The molecule has 1 rings (SSSR count). The van der Waals surface area contributed by atoms with Gasteiger partial charge in [0.05, 0.1) is 18.1 Å². The highest BCUT2D eigenvalue weighted by atomic mass is 32.2. The zero-order valence-electron chi connectivity index (χ0n) is 11.5. The number of carbonyl (C=O) groups is 2. The van der Waals surface area contributed by atoms with Gasteiger partial charge in [-0.15, -0.1) is 11.8 Å². The van der Waals surface area contributed by atoms with Crippen molar-refractivity contribution in [2.24, 2.45) is 0 Å². The summed E-state index contributed by atoms with van der Waals surface area (Å²) in [6.07, 6.45) is 3.36. The van der Waals surface area contributed by atoms with Gasteiger partial charge in [0.25, 0.3) is 0 Å². The maximum absolute atomic E-state index is 12.1. The Hall–Kier alpha value is -0.710. The summed E-state index contributed by atoms with van der Waals surface area (Å²) >= 11 is 1.34. The van der Waals surface area contributed by atoms with E-state index in [0.717, 1.165) is 12.8 Å². The van der Waals surface area contributed by atoms with Gasteiger partial charge >= 0.3 is 5.97 Å². The van der Waals surface area contributed by atoms with Crippen LogP contribution in [0.3, 0.4) is 0 Å². The van der Waals surface area contributed by atoms with Crippen LogP contribution in [0.2, 0.25) is 0 Å². The van der Waals surface area contributed by atoms with Crippen LogP contribution in [0.1, 0.15) is 40.0 Å². The molecule has 2 atom stereocenters. The molecule has 104 valence electrons. The lowest BCUT2D eigenvalue weighted by atomic mass is 9.98. The second-order valence-electron chi connectivity index (χ2n) is 4.73. The molecule has 0 aliphatic carbocycles. The van der Waals surface area contributed by atoms with Crippen molar-refractivity contribution in [1.82, 2.24) is 4.90 Å². The summed E-state index contributed by atoms with van der Waals surface area (Å²) in [5.41, 5.74) is 0. The van der Waals surface area contributed by atoms with E-state index in [0.29, 0.717) is 24.4 Å². The Bertz CT molecular complexity index is 286. The van der Waals surface area contributed by atoms with Gasteiger partial charge in [0.15, 0.2) is 0 Å². The summed E-state index contributed by atoms with van der Waals surface area (Å²) in [5, 5.41) is 0. The third-order valence-corrected chi connectivity index (χ3v) is 4.12. The molecular formula is C13H23NO3S. The zero-order chi connectivity index (χ0) is 13.5. The fraction of sp³-hybridized carbons (Fsp3) is 0.846. The van der Waals surface area contributed by atoms with Crippen molar-refractivity contribution in [3.8, 4) is 0 Å². The first kappa shape index (κ1) is 15.3. The number of amides is 1. The smallest absolute Gasteiger partial charge is 0.315 e. The van der Waals surface area contributed by atoms with Crippen molar-refractivity contribution >= 4 is 23.6 Å². The van der Waals surface area contributed by atoms with E-state index >= 15 is 0 Å². The summed E-state index contributed by atoms with van der Waals surface area (Å²) in [4.78, 5) is 25.2. The fourth-order valence-corrected chi connectivity index (χ4v) is 3.09. The molecule has 1 amide bonds. The average Bonchev–Trinajstić information content (AvgIpc) is 2.29. The van der Waals surface area contributed by atoms with E-state index < -0.39 is 0 Å². The standard InChI is InChI=1S/C13H23NO3S/c1-4-17-13(16)9-18-8-12(15)14-10(2)6-5-7-11(14)3/h10-11H,4-9H2,1-3H3/t10-,11-/m0/s1. The van der Waals surface area contributed by atoms with Crippen LogP contribution >= 0.6 is 11.8 Å². The van der Waals surface area contributed by atoms with Gasteiger partial charge in [-0.05, 0) is 40.0 Å². The molecule has 0 N–H and O–H groups in total. The minimum absolute atomic E-state index is 0.143. The molecule has 18 heavy (non-hydrogen) atoms. The first-order valence-electron chi connectivity index (χ1n) is 6.60. The molecule has 5 heteroatoms. The SMILES string of the molecule is CCOC(=O)CSCC(=O)N1[C@@H](C)CCC[C@@H]1C. The average molecular weight is 273 g/mol. The summed E-state index contributed by atoms with van der Waals surface area (Å²) in [6.45, 7) is 6.38. The van der Waals surface area contributed by atoms with Crippen LogP contribution in [-0.4, -0.2) is 47.0 Å². The highest BCUT2D eigenvalue weighted by Crippen LogP contribution is 2.23. The lowest BCUT2D eigenvalue weighted by Gasteiger charge is -2.39. The van der Waals surface area contributed by atoms with E-state index in [9.17, 15) is 9.59 Å². The largest absolute Gasteiger partial charge is 0.465 e. The molecular weight excluding hydrogens is 250 g/mol. The molecule has 0 bridgehead atoms. The van der Waals surface area contributed by atoms with Gasteiger partial charge in [0.1, 0.15) is 0 Å². The van der Waals surface area contributed by atoms with E-state index in [1.165, 1.54) is 18.2 Å². The van der Waals surface area contributed by atoms with Crippen molar-refractivity contribution in [2.75, 3.05) is 18.1 Å². The van der Waals surface area contributed by atoms with E-state index in [1.54, 1.807) is 6.92 Å². The van der Waals surface area contributed by atoms with Crippen LogP contribution < -0.4 is 0 Å². The maximum Gasteiger partial charge on any atom is 0.315 e. The summed E-state index contributed by atoms with van der Waals surface area (Å²) in [5.74, 6) is 0.531. The van der Waals surface area contributed by atoms with Gasteiger partial charge in [-0.2, -0.15) is 0 Å². The number of likely N-dealkylation sites (tertiary alicyclic amines) is 1. The molecule has 0 spiro atoms. The third-order valence-electron chi connectivity index (χ3n) is 3.23. The number of esters is 1. The minimum atomic E-state index is -0.241. The Morgan fingerprint density at radius 3 is 2.39 bits per heavy atom. The zero-order valence-corrected chi connectivity index (χ0v) is 12.3. The molecule has 0 unspecified atom stereocenters. The van der Waals surface area contributed by atoms with E-state index in [2.05, 4.69) is 13.8 Å². The van der Waals surface area contributed by atoms with Gasteiger partial charge < -0.3 is 9.64 Å². The third kappa shape index (κ3) is 4.52. The van der Waals surface area contributed by atoms with Crippen molar-refractivity contribution in [2.45, 2.75) is 52.1 Å². The Kier molecular flexibility index (Phi) is 6.54. The number of rotatable bonds is 5. The molecule has 1 heterocycles. The number of carbonyl (C=O) groups excluding carboxylic acids is 2. The number of thioether (sulfide) groups is 1. The van der Waals surface area contributed by atoms with Gasteiger partial charge in [0, 0.05) is 12.1 Å². The van der Waals surface area contributed by atoms with Gasteiger partial charge in [-0.1, -0.05) is 0 Å². The molecule has 1 saturated heterocycles. The Morgan fingerprint density at radius 1 is 1.22 bits per heavy atom. The van der Waals surface area contributed by atoms with Crippen molar-refractivity contribution in [3.63, 3.8) is 0 Å². The summed E-state index contributed by atoms with van der Waals surface area (Å²) in [6, 6.07) is 0.647. The predicted octanol–water partition coefficient (Wildman–Crippen LogP) is 2.07. The van der Waals surface area contributed by atoms with Crippen LogP contribution in [0.15, 0.2) is 0 Å². The fourth-order valence-electron chi connectivity index (χ4n) is 2.41. The molecule has 1 aliphatic rings. The molecule has 0 saturated carbocycles. The Labute approximate surface area is 113 Å². The van der Waals surface area contributed by atoms with Crippen molar-refractivity contribution < 1.29 is 14.3 Å². The molecule has 4 nitrogen and oxygen atoms in total. The first-order valence-corrected chi connectivity index (χ1v) is 7.76. The van der Waals surface area contributed by atoms with Crippen molar-refractivity contribution in [3.05, 3.63) is 0 Å². The lowest BCUT2D eigenvalue weighted by Crippen LogP contribution is -2.48. The van der Waals surface area contributed by atoms with Crippen LogP contribution in [0.5, 0.6) is 0 Å². The number of piperidine rings is 1. The normalized spacial score (nSPS) is 23.8. The van der Waals surface area contributed by atoms with E-state index in [-0.39, 0.29) is 17.6 Å². The molecule has 0 radical (unpaired) electrons. The topological polar surface area (TPSA) is 46.6 Å². The summed E-state index contributed by atoms with van der Waals surface area (Å²) in [7, 11) is 0. The minimum Gasteiger partial charge on any atom is -0.465 e. The van der Waals surface area contributed by atoms with Crippen LogP contribution in [0.4, 0.5) is 0 Å². The molecule has 0 aromatic rings. The number of nitrogens with zero attached hydrogens (tertiary/aromatic N) is 1. The maximum atomic E-state index is 12.1. The van der Waals surface area contributed by atoms with Crippen LogP contribution in [0, 0.1) is 0 Å². The number of ether oxygens (including phenoxy) is 1. The van der Waals surface area contributed by atoms with Gasteiger partial charge in [-0.3, -0.25) is 9.59 Å². The first-order chi connectivity index (χ1) is 8.56. The number of hydrogen-bond donors (Lipinski definition) is 0.